The molecule has 0 spiro atoms. The van der Waals surface area contributed by atoms with Crippen molar-refractivity contribution in [2.75, 3.05) is 26.9 Å². The van der Waals surface area contributed by atoms with Crippen molar-refractivity contribution in [3.8, 4) is 0 Å². The zero-order chi connectivity index (χ0) is 13.5. The first kappa shape index (κ1) is 15.1. The highest BCUT2D eigenvalue weighted by atomic mass is 16.5. The third-order valence-electron chi connectivity index (χ3n) is 2.94. The van der Waals surface area contributed by atoms with E-state index in [1.165, 1.54) is 11.3 Å². The first-order chi connectivity index (χ1) is 8.56. The normalized spacial score (nSPS) is 12.9. The highest BCUT2D eigenvalue weighted by Crippen LogP contribution is 2.14. The molecule has 0 aromatic carbocycles. The van der Waals surface area contributed by atoms with Crippen molar-refractivity contribution in [2.45, 2.75) is 39.8 Å². The van der Waals surface area contributed by atoms with E-state index < -0.39 is 0 Å². The van der Waals surface area contributed by atoms with Crippen LogP contribution in [-0.2, 0) is 22.4 Å². The fraction of sp³-hybridized carbons (Fsp3) is 0.769. The summed E-state index contributed by atoms with van der Waals surface area (Å²) in [4.78, 5) is 0. The predicted octanol–water partition coefficient (Wildman–Crippen LogP) is 1.05. The number of nitrogens with two attached hydrogens (primary N) is 1. The monoisotopic (exact) mass is 255 g/mol. The van der Waals surface area contributed by atoms with Crippen LogP contribution >= 0.6 is 0 Å². The van der Waals surface area contributed by atoms with E-state index >= 15 is 0 Å². The Morgan fingerprint density at radius 1 is 1.28 bits per heavy atom. The van der Waals surface area contributed by atoms with Gasteiger partial charge in [0.05, 0.1) is 32.1 Å². The number of rotatable bonds is 8. The second kappa shape index (κ2) is 7.51. The topological polar surface area (TPSA) is 62.3 Å². The molecule has 1 rings (SSSR count). The maximum atomic E-state index is 5.85. The first-order valence-corrected chi connectivity index (χ1v) is 6.41. The largest absolute Gasteiger partial charge is 0.382 e. The van der Waals surface area contributed by atoms with Crippen molar-refractivity contribution >= 4 is 0 Å². The number of aryl methyl sites for hydroxylation is 1. The van der Waals surface area contributed by atoms with Crippen molar-refractivity contribution in [3.05, 3.63) is 17.0 Å². The Morgan fingerprint density at radius 3 is 2.61 bits per heavy atom. The fourth-order valence-electron chi connectivity index (χ4n) is 1.96. The molecule has 104 valence electrons. The Labute approximate surface area is 109 Å². The van der Waals surface area contributed by atoms with Crippen molar-refractivity contribution in [2.24, 2.45) is 5.73 Å². The van der Waals surface area contributed by atoms with Crippen LogP contribution < -0.4 is 5.73 Å². The van der Waals surface area contributed by atoms with E-state index in [-0.39, 0.29) is 6.04 Å². The van der Waals surface area contributed by atoms with Gasteiger partial charge in [-0.25, -0.2) is 0 Å². The molecule has 1 unspecified atom stereocenters. The van der Waals surface area contributed by atoms with E-state index in [0.29, 0.717) is 19.8 Å². The molecule has 1 aromatic rings. The summed E-state index contributed by atoms with van der Waals surface area (Å²) in [5.41, 5.74) is 9.38. The van der Waals surface area contributed by atoms with Crippen LogP contribution in [0.1, 0.15) is 23.9 Å². The van der Waals surface area contributed by atoms with Crippen LogP contribution in [0.15, 0.2) is 0 Å². The molecule has 0 saturated heterocycles. The zero-order valence-electron chi connectivity index (χ0n) is 11.9. The molecule has 1 aromatic heterocycles. The van der Waals surface area contributed by atoms with Crippen molar-refractivity contribution < 1.29 is 9.47 Å². The standard InChI is InChI=1S/C13H25N3O2/c1-10(14)9-13-11(2)15-16(12(13)3)5-6-18-8-7-17-4/h10H,5-9,14H2,1-4H3. The van der Waals surface area contributed by atoms with Gasteiger partial charge < -0.3 is 15.2 Å². The van der Waals surface area contributed by atoms with Crippen molar-refractivity contribution in [1.82, 2.24) is 9.78 Å². The smallest absolute Gasteiger partial charge is 0.0701 e. The van der Waals surface area contributed by atoms with Gasteiger partial charge in [-0.05, 0) is 32.8 Å². The van der Waals surface area contributed by atoms with Gasteiger partial charge >= 0.3 is 0 Å². The average Bonchev–Trinajstić information content (AvgIpc) is 2.56. The number of hydrogen-bond donors (Lipinski definition) is 1. The first-order valence-electron chi connectivity index (χ1n) is 6.41. The summed E-state index contributed by atoms with van der Waals surface area (Å²) in [5.74, 6) is 0. The molecule has 0 radical (unpaired) electrons. The molecule has 0 saturated carbocycles. The maximum Gasteiger partial charge on any atom is 0.0701 e. The van der Waals surface area contributed by atoms with Crippen LogP contribution in [0.25, 0.3) is 0 Å². The number of nitrogens with zero attached hydrogens (tertiary/aromatic N) is 2. The lowest BCUT2D eigenvalue weighted by atomic mass is 10.1. The molecule has 0 fully saturated rings. The van der Waals surface area contributed by atoms with Crippen molar-refractivity contribution in [1.29, 1.82) is 0 Å². The molecule has 0 aliphatic heterocycles. The average molecular weight is 255 g/mol. The van der Waals surface area contributed by atoms with Gasteiger partial charge in [0.25, 0.3) is 0 Å². The minimum atomic E-state index is 0.165. The maximum absolute atomic E-state index is 5.85. The van der Waals surface area contributed by atoms with Gasteiger partial charge in [-0.15, -0.1) is 0 Å². The third kappa shape index (κ3) is 4.40. The van der Waals surface area contributed by atoms with Crippen LogP contribution in [0, 0.1) is 13.8 Å². The Bertz CT molecular complexity index is 361. The second-order valence-electron chi connectivity index (χ2n) is 4.66. The Morgan fingerprint density at radius 2 is 2.00 bits per heavy atom. The lowest BCUT2D eigenvalue weighted by Gasteiger charge is -2.08. The molecule has 0 aliphatic rings. The number of ether oxygens (including phenoxy) is 2. The molecule has 2 N–H and O–H groups in total. The minimum absolute atomic E-state index is 0.165. The fourth-order valence-corrected chi connectivity index (χ4v) is 1.96. The number of methoxy groups -OCH3 is 1. The Hall–Kier alpha value is -0.910. The summed E-state index contributed by atoms with van der Waals surface area (Å²) in [6.07, 6.45) is 0.877. The molecular weight excluding hydrogens is 230 g/mol. The van der Waals surface area contributed by atoms with Gasteiger partial charge in [-0.3, -0.25) is 4.68 Å². The highest BCUT2D eigenvalue weighted by molar-refractivity contribution is 5.25. The van der Waals surface area contributed by atoms with Gasteiger partial charge in [0, 0.05) is 18.8 Å². The van der Waals surface area contributed by atoms with Gasteiger partial charge in [0.1, 0.15) is 0 Å². The Balaban J connectivity index is 2.51. The van der Waals surface area contributed by atoms with E-state index in [0.717, 1.165) is 18.7 Å². The van der Waals surface area contributed by atoms with Gasteiger partial charge in [0.2, 0.25) is 0 Å². The van der Waals surface area contributed by atoms with E-state index in [9.17, 15) is 0 Å². The predicted molar refractivity (Wildman–Crippen MR) is 71.7 cm³/mol. The molecule has 5 heteroatoms. The third-order valence-corrected chi connectivity index (χ3v) is 2.94. The quantitative estimate of drug-likeness (QED) is 0.705. The summed E-state index contributed by atoms with van der Waals surface area (Å²) in [6.45, 7) is 8.83. The van der Waals surface area contributed by atoms with Crippen LogP contribution in [-0.4, -0.2) is 42.8 Å². The summed E-state index contributed by atoms with van der Waals surface area (Å²) >= 11 is 0. The van der Waals surface area contributed by atoms with E-state index in [1.807, 2.05) is 18.5 Å². The molecule has 1 atom stereocenters. The number of aromatic nitrogens is 2. The molecule has 1 heterocycles. The zero-order valence-corrected chi connectivity index (χ0v) is 11.9. The SMILES string of the molecule is COCCOCCn1nc(C)c(CC(C)N)c1C. The molecule has 18 heavy (non-hydrogen) atoms. The van der Waals surface area contributed by atoms with Gasteiger partial charge in [0.15, 0.2) is 0 Å². The van der Waals surface area contributed by atoms with Crippen LogP contribution in [0.3, 0.4) is 0 Å². The molecule has 5 nitrogen and oxygen atoms in total. The van der Waals surface area contributed by atoms with Crippen molar-refractivity contribution in [3.63, 3.8) is 0 Å². The molecule has 0 aliphatic carbocycles. The van der Waals surface area contributed by atoms with Gasteiger partial charge in [-0.2, -0.15) is 5.10 Å². The van der Waals surface area contributed by atoms with E-state index in [2.05, 4.69) is 12.0 Å². The lowest BCUT2D eigenvalue weighted by molar-refractivity contribution is 0.0651. The number of hydrogen-bond acceptors (Lipinski definition) is 4. The van der Waals surface area contributed by atoms with Crippen LogP contribution in [0.4, 0.5) is 0 Å². The Kier molecular flexibility index (Phi) is 6.32. The van der Waals surface area contributed by atoms with Gasteiger partial charge in [-0.1, -0.05) is 0 Å². The lowest BCUT2D eigenvalue weighted by Crippen LogP contribution is -2.18. The molecular formula is C13H25N3O2. The summed E-state index contributed by atoms with van der Waals surface area (Å²) in [6, 6.07) is 0.165. The summed E-state index contributed by atoms with van der Waals surface area (Å²) < 4.78 is 12.4. The minimum Gasteiger partial charge on any atom is -0.382 e. The van der Waals surface area contributed by atoms with Crippen LogP contribution in [0.2, 0.25) is 0 Å². The second-order valence-corrected chi connectivity index (χ2v) is 4.66. The highest BCUT2D eigenvalue weighted by Gasteiger charge is 2.12. The summed E-state index contributed by atoms with van der Waals surface area (Å²) in [5, 5.41) is 4.53. The van der Waals surface area contributed by atoms with E-state index in [1.54, 1.807) is 7.11 Å². The summed E-state index contributed by atoms with van der Waals surface area (Å²) in [7, 11) is 1.67. The van der Waals surface area contributed by atoms with E-state index in [4.69, 9.17) is 15.2 Å². The molecule has 0 bridgehead atoms. The molecule has 0 amide bonds. The van der Waals surface area contributed by atoms with Crippen LogP contribution in [0.5, 0.6) is 0 Å².